The van der Waals surface area contributed by atoms with E-state index < -0.39 is 16.1 Å². The van der Waals surface area contributed by atoms with E-state index in [2.05, 4.69) is 4.72 Å². The first-order valence-electron chi connectivity index (χ1n) is 6.13. The van der Waals surface area contributed by atoms with Gasteiger partial charge in [0.1, 0.15) is 4.90 Å². The largest absolute Gasteiger partial charge is 0.398 e. The summed E-state index contributed by atoms with van der Waals surface area (Å²) < 4.78 is 27.4. The normalized spacial score (nSPS) is 13.1. The van der Waals surface area contributed by atoms with Gasteiger partial charge in [-0.3, -0.25) is 0 Å². The molecule has 0 aliphatic rings. The number of nitrogen functional groups attached to an aromatic ring is 1. The SMILES string of the molecule is CC(NS(=O)(=O)c1c(N)cccc1Cl)c1ccccc1Cl. The van der Waals surface area contributed by atoms with Crippen LogP contribution >= 0.6 is 23.2 Å². The predicted molar refractivity (Wildman–Crippen MR) is 86.1 cm³/mol. The molecule has 7 heteroatoms. The standard InChI is InChI=1S/C14H14Cl2N2O2S/c1-9(10-5-2-3-6-11(10)15)18-21(19,20)14-12(16)7-4-8-13(14)17/h2-9,18H,17H2,1H3. The molecule has 1 atom stereocenters. The fraction of sp³-hybridized carbons (Fsp3) is 0.143. The zero-order valence-corrected chi connectivity index (χ0v) is 13.5. The lowest BCUT2D eigenvalue weighted by atomic mass is 10.1. The Hall–Kier alpha value is -1.27. The molecule has 1 unspecified atom stereocenters. The minimum Gasteiger partial charge on any atom is -0.398 e. The second kappa shape index (κ2) is 6.23. The fourth-order valence-electron chi connectivity index (χ4n) is 1.99. The van der Waals surface area contributed by atoms with Crippen molar-refractivity contribution >= 4 is 38.9 Å². The van der Waals surface area contributed by atoms with E-state index in [9.17, 15) is 8.42 Å². The van der Waals surface area contributed by atoms with E-state index in [1.165, 1.54) is 12.1 Å². The highest BCUT2D eigenvalue weighted by molar-refractivity contribution is 7.89. The minimum atomic E-state index is -3.85. The van der Waals surface area contributed by atoms with Crippen LogP contribution in [0.2, 0.25) is 10.0 Å². The van der Waals surface area contributed by atoms with Gasteiger partial charge in [0.15, 0.2) is 0 Å². The quantitative estimate of drug-likeness (QED) is 0.832. The molecule has 3 N–H and O–H groups in total. The maximum absolute atomic E-state index is 12.5. The highest BCUT2D eigenvalue weighted by atomic mass is 35.5. The van der Waals surface area contributed by atoms with Crippen LogP contribution in [-0.4, -0.2) is 8.42 Å². The minimum absolute atomic E-state index is 0.0776. The Morgan fingerprint density at radius 2 is 1.67 bits per heavy atom. The number of hydrogen-bond acceptors (Lipinski definition) is 3. The zero-order chi connectivity index (χ0) is 15.6. The molecule has 0 bridgehead atoms. The maximum atomic E-state index is 12.5. The number of halogens is 2. The Labute approximate surface area is 133 Å². The van der Waals surface area contributed by atoms with Gasteiger partial charge in [-0.2, -0.15) is 0 Å². The molecule has 0 amide bonds. The van der Waals surface area contributed by atoms with Crippen LogP contribution in [0.25, 0.3) is 0 Å². The third-order valence-corrected chi connectivity index (χ3v) is 5.40. The van der Waals surface area contributed by atoms with E-state index in [0.717, 1.165) is 0 Å². The predicted octanol–water partition coefficient (Wildman–Crippen LogP) is 3.62. The molecule has 0 fully saturated rings. The van der Waals surface area contributed by atoms with Gasteiger partial charge in [0, 0.05) is 11.1 Å². The number of anilines is 1. The third kappa shape index (κ3) is 3.49. The van der Waals surface area contributed by atoms with Crippen molar-refractivity contribution in [3.05, 3.63) is 58.1 Å². The summed E-state index contributed by atoms with van der Waals surface area (Å²) in [4.78, 5) is -0.120. The van der Waals surface area contributed by atoms with Crippen molar-refractivity contribution in [3.63, 3.8) is 0 Å². The monoisotopic (exact) mass is 344 g/mol. The highest BCUT2D eigenvalue weighted by Gasteiger charge is 2.24. The second-order valence-corrected chi connectivity index (χ2v) is 6.99. The molecule has 0 aliphatic heterocycles. The fourth-order valence-corrected chi connectivity index (χ4v) is 4.19. The van der Waals surface area contributed by atoms with Crippen molar-refractivity contribution in [3.8, 4) is 0 Å². The number of sulfonamides is 1. The van der Waals surface area contributed by atoms with Crippen LogP contribution in [0, 0.1) is 0 Å². The van der Waals surface area contributed by atoms with Gasteiger partial charge in [0.25, 0.3) is 0 Å². The van der Waals surface area contributed by atoms with Gasteiger partial charge in [0.2, 0.25) is 10.0 Å². The Bertz CT molecular complexity index is 743. The first kappa shape index (κ1) is 16.1. The van der Waals surface area contributed by atoms with Crippen molar-refractivity contribution in [2.24, 2.45) is 0 Å². The number of rotatable bonds is 4. The second-order valence-electron chi connectivity index (χ2n) is 4.52. The van der Waals surface area contributed by atoms with E-state index in [0.29, 0.717) is 10.6 Å². The van der Waals surface area contributed by atoms with Gasteiger partial charge in [-0.1, -0.05) is 47.5 Å². The van der Waals surface area contributed by atoms with Crippen LogP contribution in [-0.2, 0) is 10.0 Å². The Morgan fingerprint density at radius 3 is 2.29 bits per heavy atom. The first-order valence-corrected chi connectivity index (χ1v) is 8.37. The average molecular weight is 345 g/mol. The summed E-state index contributed by atoms with van der Waals surface area (Å²) in [6, 6.07) is 11.1. The lowest BCUT2D eigenvalue weighted by Gasteiger charge is -2.17. The molecule has 0 saturated heterocycles. The molecule has 112 valence electrons. The van der Waals surface area contributed by atoms with Crippen LogP contribution in [0.5, 0.6) is 0 Å². The highest BCUT2D eigenvalue weighted by Crippen LogP contribution is 2.29. The summed E-state index contributed by atoms with van der Waals surface area (Å²) in [6.45, 7) is 1.70. The molecule has 0 aromatic heterocycles. The summed E-state index contributed by atoms with van der Waals surface area (Å²) in [5.74, 6) is 0. The van der Waals surface area contributed by atoms with Crippen LogP contribution in [0.3, 0.4) is 0 Å². The summed E-state index contributed by atoms with van der Waals surface area (Å²) in [6.07, 6.45) is 0. The summed E-state index contributed by atoms with van der Waals surface area (Å²) in [5.41, 5.74) is 6.50. The number of benzene rings is 2. The molecule has 2 aromatic carbocycles. The number of nitrogens with one attached hydrogen (secondary N) is 1. The van der Waals surface area contributed by atoms with Crippen LogP contribution in [0.15, 0.2) is 47.4 Å². The van der Waals surface area contributed by atoms with Gasteiger partial charge in [-0.25, -0.2) is 13.1 Å². The number of hydrogen-bond donors (Lipinski definition) is 2. The molecule has 0 spiro atoms. The van der Waals surface area contributed by atoms with Crippen molar-refractivity contribution in [2.45, 2.75) is 17.9 Å². The van der Waals surface area contributed by atoms with Crippen molar-refractivity contribution < 1.29 is 8.42 Å². The molecule has 2 rings (SSSR count). The Balaban J connectivity index is 2.36. The molecule has 0 saturated carbocycles. The molecular formula is C14H14Cl2N2O2S. The molecule has 0 radical (unpaired) electrons. The van der Waals surface area contributed by atoms with E-state index in [-0.39, 0.29) is 15.6 Å². The van der Waals surface area contributed by atoms with Crippen molar-refractivity contribution in [2.75, 3.05) is 5.73 Å². The van der Waals surface area contributed by atoms with Crippen molar-refractivity contribution in [1.29, 1.82) is 0 Å². The van der Waals surface area contributed by atoms with Crippen LogP contribution < -0.4 is 10.5 Å². The average Bonchev–Trinajstić information content (AvgIpc) is 2.37. The number of nitrogens with two attached hydrogens (primary N) is 1. The van der Waals surface area contributed by atoms with Gasteiger partial charge in [-0.15, -0.1) is 0 Å². The zero-order valence-electron chi connectivity index (χ0n) is 11.2. The molecule has 21 heavy (non-hydrogen) atoms. The topological polar surface area (TPSA) is 72.2 Å². The lowest BCUT2D eigenvalue weighted by molar-refractivity contribution is 0.567. The molecule has 4 nitrogen and oxygen atoms in total. The van der Waals surface area contributed by atoms with Gasteiger partial charge >= 0.3 is 0 Å². The molecule has 0 heterocycles. The van der Waals surface area contributed by atoms with Gasteiger partial charge < -0.3 is 5.73 Å². The molecular weight excluding hydrogens is 331 g/mol. The maximum Gasteiger partial charge on any atom is 0.244 e. The Kier molecular flexibility index (Phi) is 4.78. The molecule has 2 aromatic rings. The van der Waals surface area contributed by atoms with Gasteiger partial charge in [0.05, 0.1) is 10.7 Å². The smallest absolute Gasteiger partial charge is 0.244 e. The van der Waals surface area contributed by atoms with E-state index in [1.807, 2.05) is 0 Å². The molecule has 0 aliphatic carbocycles. The van der Waals surface area contributed by atoms with Crippen LogP contribution in [0.4, 0.5) is 5.69 Å². The van der Waals surface area contributed by atoms with E-state index in [4.69, 9.17) is 28.9 Å². The Morgan fingerprint density at radius 1 is 1.05 bits per heavy atom. The van der Waals surface area contributed by atoms with Gasteiger partial charge in [-0.05, 0) is 30.7 Å². The lowest BCUT2D eigenvalue weighted by Crippen LogP contribution is -2.28. The van der Waals surface area contributed by atoms with Crippen LogP contribution in [0.1, 0.15) is 18.5 Å². The first-order chi connectivity index (χ1) is 9.83. The van der Waals surface area contributed by atoms with Crippen molar-refractivity contribution in [1.82, 2.24) is 4.72 Å². The summed E-state index contributed by atoms with van der Waals surface area (Å²) in [7, 11) is -3.85. The summed E-state index contributed by atoms with van der Waals surface area (Å²) in [5, 5.41) is 0.564. The van der Waals surface area contributed by atoms with E-state index in [1.54, 1.807) is 37.3 Å². The third-order valence-electron chi connectivity index (χ3n) is 2.97. The summed E-state index contributed by atoms with van der Waals surface area (Å²) >= 11 is 12.0. The van der Waals surface area contributed by atoms with E-state index >= 15 is 0 Å².